The van der Waals surface area contributed by atoms with Crippen LogP contribution in [0.1, 0.15) is 0 Å². The molecular weight excluding hydrogens is 320 g/mol. The van der Waals surface area contributed by atoms with Crippen molar-refractivity contribution in [2.45, 2.75) is 0 Å². The van der Waals surface area contributed by atoms with Gasteiger partial charge in [-0.15, -0.1) is 0 Å². The van der Waals surface area contributed by atoms with Crippen LogP contribution in [0.3, 0.4) is 0 Å². The molecule has 0 aliphatic rings. The maximum absolute atomic E-state index is 10.6. The molecule has 0 spiro atoms. The van der Waals surface area contributed by atoms with E-state index >= 15 is 0 Å². The Hall–Kier alpha value is -2.32. The highest BCUT2D eigenvalue weighted by Crippen LogP contribution is 1.94. The quantitative estimate of drug-likeness (QED) is 0.236. The molecular formula is C10H26N4O9+2. The minimum atomic E-state index is -1.23. The molecule has 13 nitrogen and oxygen atoms in total. The number of carboxylic acid groups (broad SMARTS) is 4. The Labute approximate surface area is 131 Å². The fourth-order valence-corrected chi connectivity index (χ4v) is 1.48. The van der Waals surface area contributed by atoms with Crippen LogP contribution < -0.4 is 12.3 Å². The third kappa shape index (κ3) is 17.6. The molecule has 0 heterocycles. The Morgan fingerprint density at radius 2 is 0.739 bits per heavy atom. The average Bonchev–Trinajstić information content (AvgIpc) is 2.22. The summed E-state index contributed by atoms with van der Waals surface area (Å²) in [6, 6.07) is 0. The van der Waals surface area contributed by atoms with Gasteiger partial charge in [0.2, 0.25) is 0 Å². The van der Waals surface area contributed by atoms with Gasteiger partial charge < -0.3 is 38.2 Å². The minimum absolute atomic E-state index is 0. The Bertz CT molecular complexity index is 323. The van der Waals surface area contributed by atoms with Crippen molar-refractivity contribution in [2.75, 3.05) is 39.3 Å². The van der Waals surface area contributed by atoms with E-state index in [4.69, 9.17) is 20.4 Å². The average molecular weight is 346 g/mol. The summed E-state index contributed by atoms with van der Waals surface area (Å²) in [7, 11) is 0. The Balaban J connectivity index is -0.000000602. The first-order chi connectivity index (χ1) is 9.20. The number of rotatable bonds is 11. The summed E-state index contributed by atoms with van der Waals surface area (Å²) in [4.78, 5) is 44.4. The third-order valence-electron chi connectivity index (χ3n) is 2.17. The van der Waals surface area contributed by atoms with Crippen LogP contribution in [0.5, 0.6) is 0 Å². The zero-order chi connectivity index (χ0) is 15.7. The molecule has 0 aliphatic heterocycles. The lowest BCUT2D eigenvalue weighted by Crippen LogP contribution is -2.43. The van der Waals surface area contributed by atoms with Gasteiger partial charge in [-0.3, -0.25) is 29.0 Å². The number of hydrogen-bond acceptors (Lipinski definition) is 6. The summed E-state index contributed by atoms with van der Waals surface area (Å²) in [5, 5.41) is 34.5. The maximum Gasteiger partial charge on any atom is 0.317 e. The van der Waals surface area contributed by atoms with Crippen molar-refractivity contribution in [3.63, 3.8) is 0 Å². The second kappa shape index (κ2) is 14.6. The summed E-state index contributed by atoms with van der Waals surface area (Å²) in [6.45, 7) is -2.25. The van der Waals surface area contributed by atoms with Gasteiger partial charge in [0.1, 0.15) is 0 Å². The molecule has 0 aliphatic carbocycles. The summed E-state index contributed by atoms with van der Waals surface area (Å²) >= 11 is 0. The molecule has 13 heteroatoms. The molecule has 0 unspecified atom stereocenters. The lowest BCUT2D eigenvalue weighted by atomic mass is 10.4. The number of carboxylic acids is 4. The molecule has 0 radical (unpaired) electrons. The van der Waals surface area contributed by atoms with Gasteiger partial charge in [-0.25, -0.2) is 0 Å². The molecule has 0 aromatic heterocycles. The molecule has 0 fully saturated rings. The van der Waals surface area contributed by atoms with Crippen LogP contribution in [0.4, 0.5) is 0 Å². The highest BCUT2D eigenvalue weighted by atomic mass is 16.4. The van der Waals surface area contributed by atoms with Crippen molar-refractivity contribution in [2.24, 2.45) is 0 Å². The first-order valence-electron chi connectivity index (χ1n) is 5.52. The van der Waals surface area contributed by atoms with Crippen LogP contribution in [0, 0.1) is 0 Å². The number of quaternary nitrogens is 2. The molecule has 0 bridgehead atoms. The Morgan fingerprint density at radius 3 is 0.870 bits per heavy atom. The lowest BCUT2D eigenvalue weighted by Gasteiger charge is -2.23. The standard InChI is InChI=1S/C10H16N2O8.2H3N.H2O/c13-7(14)3-11(4-8(15)16)1-2-12(5-9(17)18)6-10(19)20;;;/h1-6H2,(H,13,14)(H,15,16)(H,17,18)(H,19,20);2*1H3;1H2/p+2. The zero-order valence-electron chi connectivity index (χ0n) is 13.1. The van der Waals surface area contributed by atoms with E-state index in [0.29, 0.717) is 0 Å². The van der Waals surface area contributed by atoms with Crippen LogP contribution in [-0.4, -0.2) is 98.8 Å². The number of carbonyl (C=O) groups is 4. The second-order valence-corrected chi connectivity index (χ2v) is 4.00. The summed E-state index contributed by atoms with van der Waals surface area (Å²) < 4.78 is 0. The number of hydrogen-bond donors (Lipinski definition) is 6. The first kappa shape index (κ1) is 28.8. The van der Waals surface area contributed by atoms with Crippen LogP contribution in [-0.2, 0) is 19.2 Å². The highest BCUT2D eigenvalue weighted by Gasteiger charge is 2.17. The molecule has 0 rings (SSSR count). The number of aliphatic carboxylic acids is 4. The second-order valence-electron chi connectivity index (χ2n) is 4.00. The smallest absolute Gasteiger partial charge is 0.317 e. The van der Waals surface area contributed by atoms with Gasteiger partial charge in [-0.1, -0.05) is 0 Å². The van der Waals surface area contributed by atoms with Crippen molar-refractivity contribution in [3.8, 4) is 0 Å². The van der Waals surface area contributed by atoms with Crippen LogP contribution in [0.15, 0.2) is 0 Å². The van der Waals surface area contributed by atoms with E-state index in [9.17, 15) is 19.2 Å². The topological polar surface area (TPSA) is 260 Å². The van der Waals surface area contributed by atoms with E-state index in [-0.39, 0.29) is 30.9 Å². The predicted molar refractivity (Wildman–Crippen MR) is 79.0 cm³/mol. The molecule has 23 heavy (non-hydrogen) atoms. The molecule has 0 atom stereocenters. The Kier molecular flexibility index (Phi) is 18.3. The van der Waals surface area contributed by atoms with Gasteiger partial charge in [0.15, 0.2) is 0 Å². The summed E-state index contributed by atoms with van der Waals surface area (Å²) in [5.41, 5.74) is 0. The van der Waals surface area contributed by atoms with E-state index in [1.54, 1.807) is 0 Å². The molecule has 0 saturated heterocycles. The molecule has 14 N–H and O–H groups in total. The van der Waals surface area contributed by atoms with Crippen LogP contribution in [0.2, 0.25) is 0 Å². The summed E-state index contributed by atoms with van der Waals surface area (Å²) in [6.07, 6.45) is 0. The van der Waals surface area contributed by atoms with Gasteiger partial charge in [0.05, 0.1) is 26.2 Å². The third-order valence-corrected chi connectivity index (χ3v) is 2.17. The largest absolute Gasteiger partial charge is 0.480 e. The van der Waals surface area contributed by atoms with E-state index in [1.165, 1.54) is 0 Å². The number of nitrogens with zero attached hydrogens (tertiary/aromatic N) is 2. The van der Waals surface area contributed by atoms with Gasteiger partial charge >= 0.3 is 23.9 Å². The SMILES string of the molecule is O.O=C(O)CN(CCN(CC(=O)O)CC(=O)O)CC(=O)O.[NH4+].[NH4+]. The van der Waals surface area contributed by atoms with Crippen LogP contribution >= 0.6 is 0 Å². The van der Waals surface area contributed by atoms with Crippen molar-refractivity contribution in [3.05, 3.63) is 0 Å². The van der Waals surface area contributed by atoms with Gasteiger partial charge in [0.25, 0.3) is 0 Å². The fourth-order valence-electron chi connectivity index (χ4n) is 1.48. The monoisotopic (exact) mass is 346 g/mol. The zero-order valence-corrected chi connectivity index (χ0v) is 13.1. The van der Waals surface area contributed by atoms with Crippen molar-refractivity contribution in [1.29, 1.82) is 0 Å². The normalized spacial score (nSPS) is 9.30. The Morgan fingerprint density at radius 1 is 0.565 bits per heavy atom. The van der Waals surface area contributed by atoms with Crippen LogP contribution in [0.25, 0.3) is 0 Å². The van der Waals surface area contributed by atoms with Crippen molar-refractivity contribution >= 4 is 23.9 Å². The molecule has 0 saturated carbocycles. The molecule has 0 aromatic rings. The molecule has 0 amide bonds. The van der Waals surface area contributed by atoms with Gasteiger partial charge in [-0.05, 0) is 0 Å². The van der Waals surface area contributed by atoms with Gasteiger partial charge in [-0.2, -0.15) is 0 Å². The first-order valence-corrected chi connectivity index (χ1v) is 5.52. The predicted octanol–water partition coefficient (Wildman–Crippen LogP) is -2.14. The summed E-state index contributed by atoms with van der Waals surface area (Å²) in [5.74, 6) is -4.91. The van der Waals surface area contributed by atoms with Gasteiger partial charge in [0, 0.05) is 13.1 Å². The van der Waals surface area contributed by atoms with Crippen molar-refractivity contribution < 1.29 is 45.1 Å². The van der Waals surface area contributed by atoms with E-state index in [1.807, 2.05) is 0 Å². The van der Waals surface area contributed by atoms with E-state index in [0.717, 1.165) is 9.80 Å². The molecule has 138 valence electrons. The lowest BCUT2D eigenvalue weighted by molar-refractivity contribution is -0.145. The van der Waals surface area contributed by atoms with E-state index in [2.05, 4.69) is 0 Å². The minimum Gasteiger partial charge on any atom is -0.480 e. The fraction of sp³-hybridized carbons (Fsp3) is 0.600. The highest BCUT2D eigenvalue weighted by molar-refractivity contribution is 5.73. The van der Waals surface area contributed by atoms with Crippen molar-refractivity contribution in [1.82, 2.24) is 22.1 Å². The van der Waals surface area contributed by atoms with E-state index < -0.39 is 50.1 Å². The molecule has 0 aromatic carbocycles. The maximum atomic E-state index is 10.6.